The van der Waals surface area contributed by atoms with Gasteiger partial charge >= 0.3 is 0 Å². The molecule has 2 unspecified atom stereocenters. The standard InChI is InChI=1S/C56H61OP3/c1-6-9-12-45-19-29-50(30-20-45)58(48-25-15-43(4)16-26-48)52-33-39-55(40-34-52)60(57,54-37-23-47(24-38-54)14-11-8-3)56-41-35-53(36-42-56)59(49-27-17-44(5)18-28-49)51-31-21-46(22-32-51)13-10-7-2/h15-42H,6-14H2,1-5H3. The molecule has 60 heavy (non-hydrogen) atoms. The predicted octanol–water partition coefficient (Wildman–Crippen LogP) is 11.5. The van der Waals surface area contributed by atoms with E-state index < -0.39 is 23.0 Å². The molecule has 2 atom stereocenters. The number of benzene rings is 7. The van der Waals surface area contributed by atoms with Gasteiger partial charge < -0.3 is 4.57 Å². The van der Waals surface area contributed by atoms with Gasteiger partial charge in [0.05, 0.1) is 0 Å². The van der Waals surface area contributed by atoms with Crippen molar-refractivity contribution in [3.05, 3.63) is 198 Å². The number of hydrogen-bond acceptors (Lipinski definition) is 1. The molecule has 4 heteroatoms. The highest BCUT2D eigenvalue weighted by Gasteiger charge is 2.31. The minimum Gasteiger partial charge on any atom is -0.309 e. The highest BCUT2D eigenvalue weighted by Crippen LogP contribution is 2.44. The van der Waals surface area contributed by atoms with Crippen LogP contribution in [0.3, 0.4) is 0 Å². The fourth-order valence-electron chi connectivity index (χ4n) is 7.99. The van der Waals surface area contributed by atoms with Gasteiger partial charge in [-0.3, -0.25) is 0 Å². The van der Waals surface area contributed by atoms with Crippen LogP contribution in [0.5, 0.6) is 0 Å². The molecule has 7 aromatic rings. The predicted molar refractivity (Wildman–Crippen MR) is 269 cm³/mol. The molecule has 7 aromatic carbocycles. The molecular weight excluding hydrogens is 782 g/mol. The highest BCUT2D eigenvalue weighted by molar-refractivity contribution is 7.85. The van der Waals surface area contributed by atoms with Gasteiger partial charge in [-0.25, -0.2) is 0 Å². The van der Waals surface area contributed by atoms with E-state index in [-0.39, 0.29) is 0 Å². The molecular formula is C56H61OP3. The topological polar surface area (TPSA) is 17.1 Å². The summed E-state index contributed by atoms with van der Waals surface area (Å²) in [6.07, 6.45) is 10.4. The first-order valence-electron chi connectivity index (χ1n) is 22.1. The second-order valence-corrected chi connectivity index (χ2v) is 23.5. The van der Waals surface area contributed by atoms with Gasteiger partial charge in [0, 0.05) is 15.9 Å². The van der Waals surface area contributed by atoms with Crippen molar-refractivity contribution in [1.29, 1.82) is 0 Å². The first-order valence-corrected chi connectivity index (χ1v) is 26.5. The lowest BCUT2D eigenvalue weighted by atomic mass is 10.1. The fourth-order valence-corrected chi connectivity index (χ4v) is 15.1. The minimum absolute atomic E-state index is 0.802. The van der Waals surface area contributed by atoms with Crippen molar-refractivity contribution < 1.29 is 4.57 Å². The van der Waals surface area contributed by atoms with Crippen molar-refractivity contribution in [3.63, 3.8) is 0 Å². The van der Waals surface area contributed by atoms with Crippen LogP contribution in [0.15, 0.2) is 170 Å². The third-order valence-electron chi connectivity index (χ3n) is 11.7. The van der Waals surface area contributed by atoms with E-state index in [9.17, 15) is 0 Å². The number of aryl methyl sites for hydroxylation is 5. The third-order valence-corrected chi connectivity index (χ3v) is 19.6. The van der Waals surface area contributed by atoms with Gasteiger partial charge in [0.15, 0.2) is 7.14 Å². The van der Waals surface area contributed by atoms with E-state index in [1.54, 1.807) is 0 Å². The van der Waals surface area contributed by atoms with Crippen molar-refractivity contribution >= 4 is 70.7 Å². The van der Waals surface area contributed by atoms with Crippen LogP contribution in [-0.2, 0) is 23.8 Å². The molecule has 0 aliphatic heterocycles. The van der Waals surface area contributed by atoms with E-state index in [4.69, 9.17) is 0 Å². The van der Waals surface area contributed by atoms with Crippen LogP contribution in [0, 0.1) is 13.8 Å². The first kappa shape index (κ1) is 43.7. The lowest BCUT2D eigenvalue weighted by molar-refractivity contribution is 0.592. The zero-order chi connectivity index (χ0) is 41.9. The SMILES string of the molecule is CCCCc1ccc(P(c2ccc(C)cc2)c2ccc(P(=O)(c3ccc(CCCC)cc3)c3ccc(P(c4ccc(C)cc4)c4ccc(CCCC)cc4)cc3)cc2)cc1. The van der Waals surface area contributed by atoms with Gasteiger partial charge in [0.25, 0.3) is 0 Å². The Kier molecular flexibility index (Phi) is 15.3. The molecule has 1 nitrogen and oxygen atoms in total. The summed E-state index contributed by atoms with van der Waals surface area (Å²) in [7, 11) is -4.85. The summed E-state index contributed by atoms with van der Waals surface area (Å²) in [4.78, 5) is 0. The molecule has 0 aliphatic rings. The lowest BCUT2D eigenvalue weighted by Gasteiger charge is -2.24. The fraction of sp³-hybridized carbons (Fsp3) is 0.250. The second-order valence-electron chi connectivity index (χ2n) is 16.3. The van der Waals surface area contributed by atoms with E-state index in [2.05, 4.69) is 204 Å². The van der Waals surface area contributed by atoms with Gasteiger partial charge in [-0.15, -0.1) is 0 Å². The van der Waals surface area contributed by atoms with E-state index in [0.717, 1.165) is 48.0 Å². The molecule has 7 rings (SSSR count). The lowest BCUT2D eigenvalue weighted by Crippen LogP contribution is -2.28. The summed E-state index contributed by atoms with van der Waals surface area (Å²) in [5, 5.41) is 10.5. The Bertz CT molecular complexity index is 2280. The van der Waals surface area contributed by atoms with E-state index in [1.807, 2.05) is 0 Å². The molecule has 306 valence electrons. The summed E-state index contributed by atoms with van der Waals surface area (Å²) >= 11 is 0. The van der Waals surface area contributed by atoms with Crippen molar-refractivity contribution in [2.75, 3.05) is 0 Å². The van der Waals surface area contributed by atoms with Crippen molar-refractivity contribution in [1.82, 2.24) is 0 Å². The Morgan fingerprint density at radius 2 is 0.550 bits per heavy atom. The van der Waals surface area contributed by atoms with Crippen LogP contribution in [0.4, 0.5) is 0 Å². The second kappa shape index (κ2) is 20.9. The molecule has 0 aliphatic carbocycles. The highest BCUT2D eigenvalue weighted by atomic mass is 31.2. The third kappa shape index (κ3) is 10.4. The summed E-state index contributed by atoms with van der Waals surface area (Å²) in [6, 6.07) is 63.0. The average Bonchev–Trinajstić information content (AvgIpc) is 3.29. The monoisotopic (exact) mass is 842 g/mol. The number of unbranched alkanes of at least 4 members (excludes halogenated alkanes) is 3. The van der Waals surface area contributed by atoms with Gasteiger partial charge in [0.1, 0.15) is 0 Å². The minimum atomic E-state index is -3.24. The molecule has 0 radical (unpaired) electrons. The van der Waals surface area contributed by atoms with Gasteiger partial charge in [-0.1, -0.05) is 221 Å². The molecule has 0 saturated carbocycles. The Balaban J connectivity index is 1.29. The van der Waals surface area contributed by atoms with Crippen molar-refractivity contribution in [2.24, 2.45) is 0 Å². The normalized spacial score (nSPS) is 13.4. The average molecular weight is 843 g/mol. The zero-order valence-corrected chi connectivity index (χ0v) is 39.0. The molecule has 0 heterocycles. The Morgan fingerprint density at radius 3 is 0.817 bits per heavy atom. The van der Waals surface area contributed by atoms with Gasteiger partial charge in [-0.2, -0.15) is 0 Å². The summed E-state index contributed by atoms with van der Waals surface area (Å²) < 4.78 is 16.1. The largest absolute Gasteiger partial charge is 0.309 e. The number of hydrogen-bond donors (Lipinski definition) is 0. The van der Waals surface area contributed by atoms with Crippen LogP contribution >= 0.6 is 23.0 Å². The van der Waals surface area contributed by atoms with Crippen LogP contribution in [0.2, 0.25) is 0 Å². The Labute approximate surface area is 363 Å². The van der Waals surface area contributed by atoms with Crippen LogP contribution < -0.4 is 47.7 Å². The maximum absolute atomic E-state index is 16.1. The quantitative estimate of drug-likeness (QED) is 0.0787. The molecule has 0 fully saturated rings. The first-order chi connectivity index (χ1) is 29.3. The Hall–Kier alpha value is -4.37. The van der Waals surface area contributed by atoms with Crippen LogP contribution in [0.1, 0.15) is 87.1 Å². The molecule has 0 amide bonds. The van der Waals surface area contributed by atoms with Crippen LogP contribution in [-0.4, -0.2) is 0 Å². The Morgan fingerprint density at radius 1 is 0.333 bits per heavy atom. The van der Waals surface area contributed by atoms with E-state index in [1.165, 1.54) is 85.3 Å². The maximum Gasteiger partial charge on any atom is 0.171 e. The van der Waals surface area contributed by atoms with Gasteiger partial charge in [0.2, 0.25) is 0 Å². The van der Waals surface area contributed by atoms with Crippen LogP contribution in [0.25, 0.3) is 0 Å². The summed E-state index contributed by atoms with van der Waals surface area (Å²) in [5.74, 6) is 0. The smallest absolute Gasteiger partial charge is 0.171 e. The summed E-state index contributed by atoms with van der Waals surface area (Å²) in [6.45, 7) is 11.0. The van der Waals surface area contributed by atoms with Gasteiger partial charge in [-0.05, 0) is 117 Å². The maximum atomic E-state index is 16.1. The zero-order valence-electron chi connectivity index (χ0n) is 36.3. The van der Waals surface area contributed by atoms with Crippen molar-refractivity contribution in [3.8, 4) is 0 Å². The van der Waals surface area contributed by atoms with E-state index in [0.29, 0.717) is 0 Å². The van der Waals surface area contributed by atoms with E-state index >= 15 is 4.57 Å². The molecule has 0 spiro atoms. The number of rotatable bonds is 18. The molecule has 0 N–H and O–H groups in total. The van der Waals surface area contributed by atoms with Crippen molar-refractivity contribution in [2.45, 2.75) is 92.4 Å². The molecule has 0 saturated heterocycles. The summed E-state index contributed by atoms with van der Waals surface area (Å²) in [5.41, 5.74) is 6.62. The molecule has 0 aromatic heterocycles. The molecule has 0 bridgehead atoms.